The number of rotatable bonds is 3. The van der Waals surface area contributed by atoms with Gasteiger partial charge >= 0.3 is 0 Å². The van der Waals surface area contributed by atoms with Gasteiger partial charge in [-0.2, -0.15) is 9.97 Å². The van der Waals surface area contributed by atoms with Gasteiger partial charge in [-0.05, 0) is 6.92 Å². The topological polar surface area (TPSA) is 116 Å². The molecule has 1 atom stereocenters. The van der Waals surface area contributed by atoms with E-state index >= 15 is 0 Å². The number of nitrogens with one attached hydrogen (secondary N) is 1. The number of H-pyrrole nitrogens is 1. The summed E-state index contributed by atoms with van der Waals surface area (Å²) in [6.07, 6.45) is -0.234. The van der Waals surface area contributed by atoms with E-state index in [0.29, 0.717) is 11.6 Å². The van der Waals surface area contributed by atoms with E-state index in [1.165, 1.54) is 0 Å². The molecule has 0 radical (unpaired) electrons. The molecule has 2 aromatic heterocycles. The lowest BCUT2D eigenvalue weighted by Crippen LogP contribution is -1.97. The van der Waals surface area contributed by atoms with Crippen molar-refractivity contribution in [3.63, 3.8) is 0 Å². The van der Waals surface area contributed by atoms with E-state index in [2.05, 4.69) is 25.3 Å². The fraction of sp³-hybridized carbons (Fsp3) is 0.429. The monoisotopic (exact) mass is 210 g/mol. The number of nitrogens with zero attached hydrogens (tertiary/aromatic N) is 4. The molecule has 0 fully saturated rings. The molecule has 2 aromatic rings. The SMILES string of the molecule is COC(C)c1noc(-c2nc(N)n[nH]2)n1. The van der Waals surface area contributed by atoms with E-state index in [-0.39, 0.29) is 17.9 Å². The van der Waals surface area contributed by atoms with Gasteiger partial charge < -0.3 is 15.0 Å². The molecule has 0 saturated carbocycles. The summed E-state index contributed by atoms with van der Waals surface area (Å²) in [5, 5.41) is 9.95. The zero-order valence-electron chi connectivity index (χ0n) is 8.26. The van der Waals surface area contributed by atoms with Crippen molar-refractivity contribution in [1.29, 1.82) is 0 Å². The molecule has 0 amide bonds. The van der Waals surface area contributed by atoms with Crippen LogP contribution in [0.4, 0.5) is 5.95 Å². The molecular formula is C7H10N6O2. The highest BCUT2D eigenvalue weighted by atomic mass is 16.5. The van der Waals surface area contributed by atoms with Crippen molar-refractivity contribution in [1.82, 2.24) is 25.3 Å². The standard InChI is InChI=1S/C7H10N6O2/c1-3(14-2)4-9-6(15-13-4)5-10-7(8)12-11-5/h3H,1-2H3,(H3,8,10,11,12). The van der Waals surface area contributed by atoms with E-state index in [9.17, 15) is 0 Å². The van der Waals surface area contributed by atoms with E-state index in [0.717, 1.165) is 0 Å². The summed E-state index contributed by atoms with van der Waals surface area (Å²) in [5.41, 5.74) is 5.34. The van der Waals surface area contributed by atoms with Crippen molar-refractivity contribution in [3.05, 3.63) is 5.82 Å². The first-order valence-corrected chi connectivity index (χ1v) is 4.25. The third kappa shape index (κ3) is 1.79. The Morgan fingerprint density at radius 1 is 1.47 bits per heavy atom. The Morgan fingerprint density at radius 3 is 2.87 bits per heavy atom. The Balaban J connectivity index is 2.27. The van der Waals surface area contributed by atoms with Crippen LogP contribution < -0.4 is 5.73 Å². The number of aromatic amines is 1. The van der Waals surface area contributed by atoms with Crippen molar-refractivity contribution in [3.8, 4) is 11.7 Å². The smallest absolute Gasteiger partial charge is 0.295 e. The summed E-state index contributed by atoms with van der Waals surface area (Å²) >= 11 is 0. The molecule has 3 N–H and O–H groups in total. The number of anilines is 1. The van der Waals surface area contributed by atoms with Crippen LogP contribution in [0, 0.1) is 0 Å². The summed E-state index contributed by atoms with van der Waals surface area (Å²) in [6.45, 7) is 1.81. The van der Waals surface area contributed by atoms with Crippen LogP contribution in [-0.4, -0.2) is 32.4 Å². The summed E-state index contributed by atoms with van der Waals surface area (Å²) < 4.78 is 9.99. The highest BCUT2D eigenvalue weighted by molar-refractivity contribution is 5.41. The molecule has 0 aromatic carbocycles. The number of hydrogen-bond acceptors (Lipinski definition) is 7. The van der Waals surface area contributed by atoms with Gasteiger partial charge in [0, 0.05) is 7.11 Å². The van der Waals surface area contributed by atoms with Crippen LogP contribution in [0.2, 0.25) is 0 Å². The van der Waals surface area contributed by atoms with Crippen LogP contribution in [0.15, 0.2) is 4.52 Å². The predicted molar refractivity (Wildman–Crippen MR) is 49.5 cm³/mol. The third-order valence-corrected chi connectivity index (χ3v) is 1.86. The molecule has 80 valence electrons. The number of ether oxygens (including phenoxy) is 1. The van der Waals surface area contributed by atoms with Crippen LogP contribution >= 0.6 is 0 Å². The molecular weight excluding hydrogens is 200 g/mol. The first-order chi connectivity index (χ1) is 7.20. The lowest BCUT2D eigenvalue weighted by molar-refractivity contribution is 0.109. The van der Waals surface area contributed by atoms with Crippen LogP contribution in [0.5, 0.6) is 0 Å². The van der Waals surface area contributed by atoms with E-state index in [4.69, 9.17) is 15.0 Å². The van der Waals surface area contributed by atoms with Crippen molar-refractivity contribution < 1.29 is 9.26 Å². The molecule has 2 rings (SSSR count). The maximum atomic E-state index is 5.34. The summed E-state index contributed by atoms with van der Waals surface area (Å²) in [6, 6.07) is 0. The Morgan fingerprint density at radius 2 is 2.27 bits per heavy atom. The van der Waals surface area contributed by atoms with Crippen LogP contribution in [0.3, 0.4) is 0 Å². The molecule has 0 bridgehead atoms. The Labute approximate surface area is 84.8 Å². The summed E-state index contributed by atoms with van der Waals surface area (Å²) in [7, 11) is 1.56. The molecule has 8 nitrogen and oxygen atoms in total. The second kappa shape index (κ2) is 3.65. The Kier molecular flexibility index (Phi) is 2.34. The molecule has 0 aliphatic carbocycles. The van der Waals surface area contributed by atoms with Gasteiger partial charge in [-0.15, -0.1) is 5.10 Å². The van der Waals surface area contributed by atoms with Gasteiger partial charge in [0.2, 0.25) is 17.6 Å². The zero-order valence-corrected chi connectivity index (χ0v) is 8.26. The van der Waals surface area contributed by atoms with E-state index in [1.54, 1.807) is 7.11 Å². The van der Waals surface area contributed by atoms with Gasteiger partial charge in [0.1, 0.15) is 6.10 Å². The maximum absolute atomic E-state index is 5.34. The third-order valence-electron chi connectivity index (χ3n) is 1.86. The number of nitrogen functional groups attached to an aromatic ring is 1. The highest BCUT2D eigenvalue weighted by Gasteiger charge is 2.16. The number of hydrogen-bond donors (Lipinski definition) is 2. The quantitative estimate of drug-likeness (QED) is 0.740. The second-order valence-electron chi connectivity index (χ2n) is 2.88. The Bertz CT molecular complexity index is 450. The minimum absolute atomic E-state index is 0.129. The van der Waals surface area contributed by atoms with Crippen LogP contribution in [0.1, 0.15) is 18.9 Å². The Hall–Kier alpha value is -1.96. The number of aromatic nitrogens is 5. The first kappa shape index (κ1) is 9.59. The zero-order chi connectivity index (χ0) is 10.8. The van der Waals surface area contributed by atoms with E-state index in [1.807, 2.05) is 6.92 Å². The lowest BCUT2D eigenvalue weighted by atomic mass is 10.4. The predicted octanol–water partition coefficient (Wildman–Crippen LogP) is 0.144. The van der Waals surface area contributed by atoms with Crippen LogP contribution in [0.25, 0.3) is 11.7 Å². The van der Waals surface area contributed by atoms with Gasteiger partial charge in [0.05, 0.1) is 0 Å². The highest BCUT2D eigenvalue weighted by Crippen LogP contribution is 2.17. The van der Waals surface area contributed by atoms with Crippen molar-refractivity contribution >= 4 is 5.95 Å². The fourth-order valence-corrected chi connectivity index (χ4v) is 0.972. The van der Waals surface area contributed by atoms with E-state index < -0.39 is 0 Å². The molecule has 0 aliphatic rings. The molecule has 0 saturated heterocycles. The van der Waals surface area contributed by atoms with Gasteiger partial charge in [0.15, 0.2) is 0 Å². The molecule has 2 heterocycles. The molecule has 8 heteroatoms. The average molecular weight is 210 g/mol. The van der Waals surface area contributed by atoms with Gasteiger partial charge in [-0.1, -0.05) is 5.16 Å². The summed E-state index contributed by atoms with van der Waals surface area (Å²) in [5.74, 6) is 1.15. The molecule has 0 spiro atoms. The first-order valence-electron chi connectivity index (χ1n) is 4.25. The number of nitrogens with two attached hydrogens (primary N) is 1. The molecule has 0 aliphatic heterocycles. The van der Waals surface area contributed by atoms with Gasteiger partial charge in [-0.3, -0.25) is 5.10 Å². The minimum Gasteiger partial charge on any atom is -0.374 e. The van der Waals surface area contributed by atoms with Gasteiger partial charge in [0.25, 0.3) is 5.89 Å². The molecule has 1 unspecified atom stereocenters. The normalized spacial score (nSPS) is 12.9. The summed E-state index contributed by atoms with van der Waals surface area (Å²) in [4.78, 5) is 7.93. The fourth-order valence-electron chi connectivity index (χ4n) is 0.972. The van der Waals surface area contributed by atoms with Crippen molar-refractivity contribution in [2.75, 3.05) is 12.8 Å². The average Bonchev–Trinajstić information content (AvgIpc) is 2.84. The molecule has 15 heavy (non-hydrogen) atoms. The maximum Gasteiger partial charge on any atom is 0.295 e. The second-order valence-corrected chi connectivity index (χ2v) is 2.88. The van der Waals surface area contributed by atoms with Crippen LogP contribution in [-0.2, 0) is 4.74 Å². The van der Waals surface area contributed by atoms with Crippen molar-refractivity contribution in [2.24, 2.45) is 0 Å². The van der Waals surface area contributed by atoms with Gasteiger partial charge in [-0.25, -0.2) is 0 Å². The lowest BCUT2D eigenvalue weighted by Gasteiger charge is -2.00. The number of methoxy groups -OCH3 is 1. The van der Waals surface area contributed by atoms with Crippen molar-refractivity contribution in [2.45, 2.75) is 13.0 Å². The largest absolute Gasteiger partial charge is 0.374 e. The minimum atomic E-state index is -0.234.